The lowest BCUT2D eigenvalue weighted by Gasteiger charge is -2.58. The van der Waals surface area contributed by atoms with E-state index in [1.807, 2.05) is 6.92 Å². The van der Waals surface area contributed by atoms with Crippen molar-refractivity contribution in [1.82, 2.24) is 0 Å². The summed E-state index contributed by atoms with van der Waals surface area (Å²) in [6.07, 6.45) is 43.5. The first kappa shape index (κ1) is 44.0. The standard InChI is InChI=1S/C23H36.C21H32S2.C7H7N3O2S.H2O2/c1(2-22-10-16-4-17(11-22)6-18(5-16)12-22)3-23-13-19-7-20(14-23)9-21(8-19)15-23;1-14-2-16-3-15(1)8-20(7-14,9-16)22-13-23-21-10-17-4-18(11-21)6-19(5-17)12-21;1-6-2-4-7(5-3-6)13(11,12)10-9-8;1-2/h16-21H,1-15H2;14-19H,1-13H2;2-5H,1H3;1-2H. The number of rotatable bonds is 10. The van der Waals surface area contributed by atoms with Crippen molar-refractivity contribution in [2.45, 2.75) is 195 Å². The third-order valence-electron chi connectivity index (χ3n) is 19.9. The van der Waals surface area contributed by atoms with Gasteiger partial charge in [-0.3, -0.25) is 10.5 Å². The summed E-state index contributed by atoms with van der Waals surface area (Å²) < 4.78 is 26.4. The van der Waals surface area contributed by atoms with Crippen LogP contribution in [-0.4, -0.2) is 33.5 Å². The summed E-state index contributed by atoms with van der Waals surface area (Å²) in [5.41, 5.74) is 10.6. The highest BCUT2D eigenvalue weighted by Gasteiger charge is 2.55. The summed E-state index contributed by atoms with van der Waals surface area (Å²) >= 11 is 4.89. The van der Waals surface area contributed by atoms with E-state index in [9.17, 15) is 8.42 Å². The van der Waals surface area contributed by atoms with E-state index < -0.39 is 10.0 Å². The van der Waals surface area contributed by atoms with Gasteiger partial charge in [0.15, 0.2) is 0 Å². The van der Waals surface area contributed by atoms with Crippen molar-refractivity contribution in [3.05, 3.63) is 40.3 Å². The van der Waals surface area contributed by atoms with E-state index in [1.54, 1.807) is 185 Å². The minimum Gasteiger partial charge on any atom is -0.255 e. The van der Waals surface area contributed by atoms with Crippen LogP contribution in [0, 0.1) is 88.8 Å². The summed E-state index contributed by atoms with van der Waals surface area (Å²) in [5.74, 6) is 13.7. The average molecular weight is 892 g/mol. The van der Waals surface area contributed by atoms with E-state index in [4.69, 9.17) is 16.0 Å². The molecule has 0 atom stereocenters. The molecule has 7 nitrogen and oxygen atoms in total. The van der Waals surface area contributed by atoms with Crippen LogP contribution in [0.15, 0.2) is 33.7 Å². The largest absolute Gasteiger partial charge is 0.264 e. The molecule has 1 aromatic carbocycles. The zero-order valence-electron chi connectivity index (χ0n) is 37.3. The van der Waals surface area contributed by atoms with Crippen molar-refractivity contribution in [3.63, 3.8) is 0 Å². The van der Waals surface area contributed by atoms with Gasteiger partial charge in [0.1, 0.15) is 0 Å². The molecular formula is C51H77N3O4S3. The molecule has 338 valence electrons. The summed E-state index contributed by atoms with van der Waals surface area (Å²) in [6.45, 7) is 1.84. The predicted octanol–water partition coefficient (Wildman–Crippen LogP) is 14.9. The molecule has 61 heavy (non-hydrogen) atoms. The van der Waals surface area contributed by atoms with Gasteiger partial charge in [0.2, 0.25) is 0 Å². The molecule has 16 saturated carbocycles. The fraction of sp³-hybridized carbons (Fsp3) is 0.882. The number of thioether (sulfide) groups is 2. The van der Waals surface area contributed by atoms with Gasteiger partial charge in [-0.15, -0.1) is 23.5 Å². The van der Waals surface area contributed by atoms with Gasteiger partial charge in [0.25, 0.3) is 10.0 Å². The number of aryl methyl sites for hydroxylation is 1. The lowest BCUT2D eigenvalue weighted by atomic mass is 9.47. The fourth-order valence-corrected chi connectivity index (χ4v) is 24.6. The number of hydrogen-bond donors (Lipinski definition) is 2. The average Bonchev–Trinajstić information content (AvgIpc) is 3.17. The zero-order valence-corrected chi connectivity index (χ0v) is 39.8. The number of nitrogens with zero attached hydrogens (tertiary/aromatic N) is 3. The maximum atomic E-state index is 11.1. The predicted molar refractivity (Wildman–Crippen MR) is 250 cm³/mol. The Bertz CT molecular complexity index is 1560. The van der Waals surface area contributed by atoms with Crippen molar-refractivity contribution in [2.75, 3.05) is 5.08 Å². The number of benzene rings is 1. The van der Waals surface area contributed by atoms with Gasteiger partial charge in [0.05, 0.1) is 4.90 Å². The molecule has 16 aliphatic carbocycles. The molecule has 16 fully saturated rings. The SMILES string of the molecule is C(CC12CC3CC(CC(C3)C1)C2)CC12CC3CC(CC(C3)C1)C2.C(SC12CC3CC(CC(C3)C1)C2)SC12CC3CC(CC(C3)C1)C2.Cc1ccc(S(=O)(=O)N=[N+]=[N-])cc1.OO. The van der Waals surface area contributed by atoms with Crippen LogP contribution in [-0.2, 0) is 10.0 Å². The van der Waals surface area contributed by atoms with E-state index in [1.165, 1.54) is 17.2 Å². The Balaban J connectivity index is 0.000000112. The van der Waals surface area contributed by atoms with Crippen molar-refractivity contribution in [2.24, 2.45) is 86.4 Å². The van der Waals surface area contributed by atoms with Crippen LogP contribution in [0.3, 0.4) is 0 Å². The first-order valence-corrected chi connectivity index (χ1v) is 28.7. The minimum atomic E-state index is -3.82. The van der Waals surface area contributed by atoms with E-state index in [0.29, 0.717) is 0 Å². The molecule has 0 radical (unpaired) electrons. The van der Waals surface area contributed by atoms with Crippen molar-refractivity contribution < 1.29 is 18.9 Å². The van der Waals surface area contributed by atoms with Gasteiger partial charge in [-0.2, -0.15) is 0 Å². The summed E-state index contributed by atoms with van der Waals surface area (Å²) in [4.78, 5) is 2.25. The van der Waals surface area contributed by atoms with Crippen LogP contribution in [0.5, 0.6) is 0 Å². The van der Waals surface area contributed by atoms with Crippen LogP contribution in [0.25, 0.3) is 10.4 Å². The van der Waals surface area contributed by atoms with Crippen LogP contribution in [0.4, 0.5) is 0 Å². The van der Waals surface area contributed by atoms with E-state index in [-0.39, 0.29) is 4.90 Å². The molecule has 10 heteroatoms. The molecule has 0 aliphatic heterocycles. The maximum Gasteiger partial charge on any atom is 0.264 e. The van der Waals surface area contributed by atoms with Crippen molar-refractivity contribution in [3.8, 4) is 0 Å². The minimum absolute atomic E-state index is 0.0101. The first-order valence-electron chi connectivity index (χ1n) is 25.3. The lowest BCUT2D eigenvalue weighted by molar-refractivity contribution is -0.176. The van der Waals surface area contributed by atoms with Gasteiger partial charge < -0.3 is 0 Å². The van der Waals surface area contributed by atoms with Crippen LogP contribution in [0.2, 0.25) is 0 Å². The Labute approximate surface area is 376 Å². The van der Waals surface area contributed by atoms with E-state index in [2.05, 4.69) is 33.0 Å². The van der Waals surface area contributed by atoms with Crippen LogP contribution < -0.4 is 0 Å². The third-order valence-corrected chi connectivity index (χ3v) is 24.2. The zero-order chi connectivity index (χ0) is 42.0. The van der Waals surface area contributed by atoms with Gasteiger partial charge in [-0.05, 0) is 273 Å². The number of sulfonamides is 1. The molecular weight excluding hydrogens is 815 g/mol. The van der Waals surface area contributed by atoms with Crippen LogP contribution in [0.1, 0.15) is 179 Å². The quantitative estimate of drug-likeness (QED) is 0.0602. The van der Waals surface area contributed by atoms with Gasteiger partial charge in [-0.1, -0.05) is 24.1 Å². The van der Waals surface area contributed by atoms with Gasteiger partial charge >= 0.3 is 0 Å². The molecule has 16 aliphatic rings. The molecule has 0 amide bonds. The van der Waals surface area contributed by atoms with Gasteiger partial charge in [-0.25, -0.2) is 8.42 Å². The Morgan fingerprint density at radius 2 is 0.820 bits per heavy atom. The highest BCUT2D eigenvalue weighted by molar-refractivity contribution is 8.17. The van der Waals surface area contributed by atoms with E-state index >= 15 is 0 Å². The van der Waals surface area contributed by atoms with E-state index in [0.717, 1.165) is 96.9 Å². The van der Waals surface area contributed by atoms with Crippen molar-refractivity contribution in [1.29, 1.82) is 0 Å². The lowest BCUT2D eigenvalue weighted by Crippen LogP contribution is -2.49. The second-order valence-electron chi connectivity index (χ2n) is 24.8. The summed E-state index contributed by atoms with van der Waals surface area (Å²) in [5, 5.41) is 13.4. The second-order valence-corrected chi connectivity index (χ2v) is 29.6. The number of azide groups is 1. The number of hydrogen-bond acceptors (Lipinski definition) is 6. The second kappa shape index (κ2) is 17.4. The first-order chi connectivity index (χ1) is 29.4. The monoisotopic (exact) mass is 892 g/mol. The molecule has 0 spiro atoms. The van der Waals surface area contributed by atoms with Crippen molar-refractivity contribution >= 4 is 33.5 Å². The Morgan fingerprint density at radius 3 is 1.10 bits per heavy atom. The highest BCUT2D eigenvalue weighted by Crippen LogP contribution is 2.66. The Kier molecular flexibility index (Phi) is 12.5. The topological polar surface area (TPSA) is 123 Å². The summed E-state index contributed by atoms with van der Waals surface area (Å²) in [7, 11) is -3.82. The molecule has 0 heterocycles. The smallest absolute Gasteiger partial charge is 0.255 e. The molecule has 0 aromatic heterocycles. The Hall–Kier alpha value is -0.900. The molecule has 1 aromatic rings. The molecule has 0 saturated heterocycles. The molecule has 2 N–H and O–H groups in total. The summed E-state index contributed by atoms with van der Waals surface area (Å²) in [6, 6.07) is 6.08. The van der Waals surface area contributed by atoms with Gasteiger partial charge in [0, 0.05) is 24.0 Å². The third kappa shape index (κ3) is 9.41. The Morgan fingerprint density at radius 1 is 0.541 bits per heavy atom. The normalized spacial score (nSPS) is 46.8. The maximum absolute atomic E-state index is 11.1. The van der Waals surface area contributed by atoms with Crippen LogP contribution >= 0.6 is 23.5 Å². The fourth-order valence-electron chi connectivity index (χ4n) is 19.5. The highest BCUT2D eigenvalue weighted by atomic mass is 32.2. The molecule has 17 rings (SSSR count). The molecule has 16 bridgehead atoms. The molecule has 0 unspecified atom stereocenters.